The lowest BCUT2D eigenvalue weighted by atomic mass is 10.0. The first-order valence-corrected chi connectivity index (χ1v) is 14.1. The summed E-state index contributed by atoms with van der Waals surface area (Å²) >= 11 is 6.66. The second-order valence-electron chi connectivity index (χ2n) is 10.8. The molecule has 0 aliphatic carbocycles. The molecule has 1 aromatic carbocycles. The highest BCUT2D eigenvalue weighted by atomic mass is 35.5. The highest BCUT2D eigenvalue weighted by Gasteiger charge is 2.35. The molecule has 3 aromatic rings. The second-order valence-corrected chi connectivity index (χ2v) is 11.3. The van der Waals surface area contributed by atoms with Gasteiger partial charge in [0.15, 0.2) is 5.82 Å². The zero-order valence-corrected chi connectivity index (χ0v) is 24.7. The average molecular weight is 607 g/mol. The minimum Gasteiger partial charge on any atom is -0.491 e. The van der Waals surface area contributed by atoms with Gasteiger partial charge in [0.2, 0.25) is 0 Å². The maximum absolute atomic E-state index is 13.1. The van der Waals surface area contributed by atoms with Crippen LogP contribution in [0.5, 0.6) is 5.75 Å². The number of nitrogens with zero attached hydrogens (tertiary/aromatic N) is 5. The topological polar surface area (TPSA) is 99.8 Å². The Morgan fingerprint density at radius 1 is 1.14 bits per heavy atom. The quantitative estimate of drug-likeness (QED) is 0.335. The van der Waals surface area contributed by atoms with Gasteiger partial charge in [-0.15, -0.1) is 0 Å². The van der Waals surface area contributed by atoms with Crippen molar-refractivity contribution in [2.45, 2.75) is 39.5 Å². The molecule has 2 aliphatic heterocycles. The SMILES string of the molecule is CNCC(O)COc1ccc(Cl)c(-c2nc(-c3c(C)noc3C)c(C)c(N3CC4=C(CN(CC(F)(F)F)CC4)C3)n2)c1. The zero-order valence-electron chi connectivity index (χ0n) is 24.0. The van der Waals surface area contributed by atoms with Crippen LogP contribution in [-0.4, -0.2) is 90.3 Å². The molecule has 13 heteroatoms. The lowest BCUT2D eigenvalue weighted by molar-refractivity contribution is -0.145. The molecule has 0 amide bonds. The third-order valence-corrected chi connectivity index (χ3v) is 7.89. The number of likely N-dealkylation sites (N-methyl/N-ethyl adjacent to an activating group) is 1. The predicted octanol–water partition coefficient (Wildman–Crippen LogP) is 4.72. The van der Waals surface area contributed by atoms with Crippen molar-refractivity contribution in [1.82, 2.24) is 25.3 Å². The van der Waals surface area contributed by atoms with E-state index in [1.54, 1.807) is 25.2 Å². The molecule has 9 nitrogen and oxygen atoms in total. The van der Waals surface area contributed by atoms with Crippen LogP contribution in [0.25, 0.3) is 22.6 Å². The number of ether oxygens (including phenoxy) is 1. The summed E-state index contributed by atoms with van der Waals surface area (Å²) in [7, 11) is 1.75. The van der Waals surface area contributed by atoms with Crippen LogP contribution >= 0.6 is 11.6 Å². The van der Waals surface area contributed by atoms with Gasteiger partial charge in [0.25, 0.3) is 0 Å². The molecule has 0 bridgehead atoms. The standard InChI is InChI=1S/C29H34ClF3N6O3/c1-16-26(25-17(2)37-42-18(25)3)35-27(23-9-22(5-6-24(23)30)41-14-21(40)10-34-4)36-28(16)39-12-19-7-8-38(11-20(19)13-39)15-29(31,32)33/h5-6,9,21,34,40H,7-8,10-15H2,1-4H3. The third-order valence-electron chi connectivity index (χ3n) is 7.56. The van der Waals surface area contributed by atoms with E-state index in [1.807, 2.05) is 20.8 Å². The van der Waals surface area contributed by atoms with Crippen LogP contribution in [0.2, 0.25) is 5.02 Å². The number of anilines is 1. The summed E-state index contributed by atoms with van der Waals surface area (Å²) in [6, 6.07) is 5.15. The number of aryl methyl sites for hydroxylation is 2. The Hall–Kier alpha value is -3.19. The van der Waals surface area contributed by atoms with Gasteiger partial charge >= 0.3 is 6.18 Å². The summed E-state index contributed by atoms with van der Waals surface area (Å²) in [6.45, 7) is 6.85. The number of hydrogen-bond acceptors (Lipinski definition) is 9. The molecule has 1 atom stereocenters. The van der Waals surface area contributed by atoms with Crippen LogP contribution in [0.3, 0.4) is 0 Å². The van der Waals surface area contributed by atoms with E-state index >= 15 is 0 Å². The number of nitrogens with one attached hydrogen (secondary N) is 1. The van der Waals surface area contributed by atoms with E-state index in [0.29, 0.717) is 77.7 Å². The molecule has 1 unspecified atom stereocenters. The lowest BCUT2D eigenvalue weighted by Gasteiger charge is -2.28. The van der Waals surface area contributed by atoms with Gasteiger partial charge in [-0.3, -0.25) is 4.90 Å². The largest absolute Gasteiger partial charge is 0.491 e. The summed E-state index contributed by atoms with van der Waals surface area (Å²) in [5.74, 6) is 2.13. The highest BCUT2D eigenvalue weighted by Crippen LogP contribution is 2.39. The summed E-state index contributed by atoms with van der Waals surface area (Å²) in [5.41, 5.74) is 5.57. The van der Waals surface area contributed by atoms with Crippen LogP contribution in [0.15, 0.2) is 33.9 Å². The number of aliphatic hydroxyl groups is 1. The van der Waals surface area contributed by atoms with Crippen LogP contribution in [-0.2, 0) is 0 Å². The van der Waals surface area contributed by atoms with Gasteiger partial charge in [0.1, 0.15) is 30.0 Å². The van der Waals surface area contributed by atoms with Gasteiger partial charge < -0.3 is 24.6 Å². The van der Waals surface area contributed by atoms with Crippen LogP contribution in [0.4, 0.5) is 19.0 Å². The molecular weight excluding hydrogens is 573 g/mol. The fourth-order valence-electron chi connectivity index (χ4n) is 5.59. The molecule has 2 aromatic heterocycles. The van der Waals surface area contributed by atoms with Gasteiger partial charge in [-0.1, -0.05) is 16.8 Å². The van der Waals surface area contributed by atoms with Crippen molar-refractivity contribution in [2.75, 3.05) is 57.8 Å². The molecule has 2 aliphatic rings. The first-order valence-electron chi connectivity index (χ1n) is 13.7. The van der Waals surface area contributed by atoms with Crippen molar-refractivity contribution in [3.63, 3.8) is 0 Å². The molecule has 0 saturated carbocycles. The lowest BCUT2D eigenvalue weighted by Crippen LogP contribution is -2.39. The summed E-state index contributed by atoms with van der Waals surface area (Å²) < 4.78 is 50.5. The number of hydrogen-bond donors (Lipinski definition) is 2. The average Bonchev–Trinajstić information content (AvgIpc) is 3.49. The van der Waals surface area contributed by atoms with E-state index in [9.17, 15) is 18.3 Å². The smallest absolute Gasteiger partial charge is 0.401 e. The molecule has 0 fully saturated rings. The van der Waals surface area contributed by atoms with Gasteiger partial charge in [-0.05, 0) is 63.6 Å². The maximum atomic E-state index is 13.1. The first kappa shape index (κ1) is 30.3. The van der Waals surface area contributed by atoms with Crippen molar-refractivity contribution >= 4 is 17.4 Å². The monoisotopic (exact) mass is 606 g/mol. The third kappa shape index (κ3) is 6.56. The fourth-order valence-corrected chi connectivity index (χ4v) is 5.79. The molecule has 4 heterocycles. The molecule has 0 spiro atoms. The number of rotatable bonds is 9. The van der Waals surface area contributed by atoms with Gasteiger partial charge in [-0.25, -0.2) is 9.97 Å². The maximum Gasteiger partial charge on any atom is 0.401 e. The van der Waals surface area contributed by atoms with E-state index in [-0.39, 0.29) is 13.2 Å². The molecule has 2 N–H and O–H groups in total. The van der Waals surface area contributed by atoms with Gasteiger partial charge in [-0.2, -0.15) is 13.2 Å². The summed E-state index contributed by atoms with van der Waals surface area (Å²) in [4.78, 5) is 13.4. The van der Waals surface area contributed by atoms with Crippen molar-refractivity contribution in [3.05, 3.63) is 51.4 Å². The fraction of sp³-hybridized carbons (Fsp3) is 0.483. The second kappa shape index (κ2) is 12.2. The normalized spacial score (nSPS) is 16.7. The number of aromatic nitrogens is 3. The minimum atomic E-state index is -4.24. The molecule has 0 radical (unpaired) electrons. The number of halogens is 4. The highest BCUT2D eigenvalue weighted by molar-refractivity contribution is 6.33. The van der Waals surface area contributed by atoms with E-state index in [0.717, 1.165) is 22.3 Å². The van der Waals surface area contributed by atoms with Crippen molar-refractivity contribution in [1.29, 1.82) is 0 Å². The van der Waals surface area contributed by atoms with Gasteiger partial charge in [0, 0.05) is 43.9 Å². The van der Waals surface area contributed by atoms with Crippen LogP contribution in [0.1, 0.15) is 23.4 Å². The predicted molar refractivity (Wildman–Crippen MR) is 154 cm³/mol. The molecule has 5 rings (SSSR count). The number of benzene rings is 1. The van der Waals surface area contributed by atoms with Crippen molar-refractivity contribution < 1.29 is 27.5 Å². The summed E-state index contributed by atoms with van der Waals surface area (Å²) in [6.07, 6.45) is -4.34. The van der Waals surface area contributed by atoms with Crippen molar-refractivity contribution in [2.24, 2.45) is 0 Å². The van der Waals surface area contributed by atoms with E-state index < -0.39 is 18.8 Å². The number of alkyl halides is 3. The van der Waals surface area contributed by atoms with Crippen molar-refractivity contribution in [3.8, 4) is 28.4 Å². The van der Waals surface area contributed by atoms with Crippen LogP contribution < -0.4 is 15.0 Å². The minimum absolute atomic E-state index is 0.0859. The van der Waals surface area contributed by atoms with E-state index in [2.05, 4.69) is 15.4 Å². The Bertz CT molecular complexity index is 1470. The summed E-state index contributed by atoms with van der Waals surface area (Å²) in [5, 5.41) is 17.5. The zero-order chi connectivity index (χ0) is 30.2. The molecular formula is C29H34ClF3N6O3. The van der Waals surface area contributed by atoms with E-state index in [1.165, 1.54) is 4.90 Å². The first-order chi connectivity index (χ1) is 19.9. The Kier molecular flexibility index (Phi) is 8.79. The molecule has 0 saturated heterocycles. The Morgan fingerprint density at radius 3 is 2.60 bits per heavy atom. The number of aliphatic hydroxyl groups excluding tert-OH is 1. The Balaban J connectivity index is 1.51. The Labute approximate surface area is 247 Å². The van der Waals surface area contributed by atoms with Crippen LogP contribution in [0, 0.1) is 20.8 Å². The van der Waals surface area contributed by atoms with Gasteiger partial charge in [0.05, 0.1) is 28.5 Å². The Morgan fingerprint density at radius 2 is 1.90 bits per heavy atom. The molecule has 226 valence electrons. The van der Waals surface area contributed by atoms with E-state index in [4.69, 9.17) is 30.8 Å². The molecule has 42 heavy (non-hydrogen) atoms.